The number of fused-ring (bicyclic) bond motifs is 1. The number of carbonyl (C=O) groups is 2. The Hall–Kier alpha value is -3.67. The lowest BCUT2D eigenvalue weighted by Gasteiger charge is -2.06. The largest absolute Gasteiger partial charge is 0.437 e. The molecule has 0 aromatic heterocycles. The van der Waals surface area contributed by atoms with Crippen LogP contribution in [0.25, 0.3) is 10.8 Å². The average Bonchev–Trinajstić information content (AvgIpc) is 2.69. The van der Waals surface area contributed by atoms with Crippen LogP contribution >= 0.6 is 0 Å². The van der Waals surface area contributed by atoms with Crippen molar-refractivity contribution in [1.29, 1.82) is 0 Å². The molecule has 0 fully saturated rings. The van der Waals surface area contributed by atoms with E-state index in [2.05, 4.69) is 15.8 Å². The van der Waals surface area contributed by atoms with Crippen molar-refractivity contribution in [1.82, 2.24) is 5.32 Å². The molecule has 27 heavy (non-hydrogen) atoms. The van der Waals surface area contributed by atoms with E-state index in [1.165, 1.54) is 6.21 Å². The van der Waals surface area contributed by atoms with Crippen LogP contribution in [0.1, 0.15) is 5.56 Å². The van der Waals surface area contributed by atoms with Gasteiger partial charge >= 0.3 is 6.09 Å². The summed E-state index contributed by atoms with van der Waals surface area (Å²) in [5.41, 5.74) is 1.57. The predicted molar refractivity (Wildman–Crippen MR) is 106 cm³/mol. The van der Waals surface area contributed by atoms with E-state index in [-0.39, 0.29) is 18.9 Å². The molecule has 0 saturated heterocycles. The molecule has 3 rings (SSSR count). The topological polar surface area (TPSA) is 79.8 Å². The molecule has 6 nitrogen and oxygen atoms in total. The number of hydrogen-bond acceptors (Lipinski definition) is 4. The first-order valence-electron chi connectivity index (χ1n) is 8.50. The van der Waals surface area contributed by atoms with Crippen LogP contribution in [-0.4, -0.2) is 24.8 Å². The van der Waals surface area contributed by atoms with Crippen LogP contribution in [0, 0.1) is 0 Å². The number of nitrogens with zero attached hydrogens (tertiary/aromatic N) is 1. The van der Waals surface area contributed by atoms with Gasteiger partial charge in [-0.05, 0) is 17.0 Å². The monoisotopic (exact) mass is 361 g/mol. The minimum Gasteiger partial charge on any atom is -0.351 e. The van der Waals surface area contributed by atoms with Crippen LogP contribution in [0.2, 0.25) is 0 Å². The maximum Gasteiger partial charge on any atom is 0.437 e. The molecule has 0 aliphatic rings. The summed E-state index contributed by atoms with van der Waals surface area (Å²) in [5, 5.41) is 10.8. The van der Waals surface area contributed by atoms with Gasteiger partial charge in [-0.1, -0.05) is 71.9 Å². The zero-order chi connectivity index (χ0) is 18.9. The summed E-state index contributed by atoms with van der Waals surface area (Å²) < 4.78 is 0. The SMILES string of the molecule is O=C(Cc1ccccc1)NCC=NOC(=O)Nc1cccc2ccccc12. The summed E-state index contributed by atoms with van der Waals surface area (Å²) in [6, 6.07) is 22.7. The van der Waals surface area contributed by atoms with E-state index in [0.29, 0.717) is 5.69 Å². The maximum atomic E-state index is 11.9. The number of anilines is 1. The molecule has 0 atom stereocenters. The van der Waals surface area contributed by atoms with Crippen molar-refractivity contribution in [2.45, 2.75) is 6.42 Å². The second-order valence-electron chi connectivity index (χ2n) is 5.78. The zero-order valence-electron chi connectivity index (χ0n) is 14.6. The van der Waals surface area contributed by atoms with Gasteiger partial charge in [0.1, 0.15) is 0 Å². The van der Waals surface area contributed by atoms with E-state index in [0.717, 1.165) is 16.3 Å². The highest BCUT2D eigenvalue weighted by Gasteiger charge is 2.06. The van der Waals surface area contributed by atoms with Crippen LogP contribution in [0.3, 0.4) is 0 Å². The van der Waals surface area contributed by atoms with Gasteiger partial charge in [-0.2, -0.15) is 0 Å². The highest BCUT2D eigenvalue weighted by atomic mass is 16.7. The summed E-state index contributed by atoms with van der Waals surface area (Å²) in [6.07, 6.45) is 0.918. The van der Waals surface area contributed by atoms with E-state index in [1.807, 2.05) is 66.7 Å². The van der Waals surface area contributed by atoms with Crippen molar-refractivity contribution in [3.05, 3.63) is 78.4 Å². The molecule has 0 spiro atoms. The molecule has 2 N–H and O–H groups in total. The third kappa shape index (κ3) is 5.40. The normalized spacial score (nSPS) is 10.7. The van der Waals surface area contributed by atoms with Crippen LogP contribution in [0.5, 0.6) is 0 Å². The summed E-state index contributed by atoms with van der Waals surface area (Å²) in [5.74, 6) is -0.132. The van der Waals surface area contributed by atoms with Crippen LogP contribution in [0.4, 0.5) is 10.5 Å². The van der Waals surface area contributed by atoms with Crippen molar-refractivity contribution in [3.8, 4) is 0 Å². The Kier molecular flexibility index (Phi) is 6.14. The Balaban J connectivity index is 1.43. The smallest absolute Gasteiger partial charge is 0.351 e. The average molecular weight is 361 g/mol. The lowest BCUT2D eigenvalue weighted by atomic mass is 10.1. The van der Waals surface area contributed by atoms with Gasteiger partial charge in [0.05, 0.1) is 24.9 Å². The van der Waals surface area contributed by atoms with Crippen molar-refractivity contribution < 1.29 is 14.4 Å². The molecule has 0 heterocycles. The van der Waals surface area contributed by atoms with Crippen molar-refractivity contribution in [2.24, 2.45) is 5.16 Å². The Morgan fingerprint density at radius 3 is 2.52 bits per heavy atom. The molecule has 3 aromatic rings. The van der Waals surface area contributed by atoms with Gasteiger partial charge in [-0.25, -0.2) is 4.79 Å². The molecule has 0 bridgehead atoms. The second-order valence-corrected chi connectivity index (χ2v) is 5.78. The molecular formula is C21H19N3O3. The van der Waals surface area contributed by atoms with Crippen LogP contribution in [0.15, 0.2) is 78.0 Å². The van der Waals surface area contributed by atoms with Crippen molar-refractivity contribution in [2.75, 3.05) is 11.9 Å². The van der Waals surface area contributed by atoms with E-state index >= 15 is 0 Å². The molecular weight excluding hydrogens is 342 g/mol. The van der Waals surface area contributed by atoms with Gasteiger partial charge in [0.15, 0.2) is 0 Å². The fourth-order valence-corrected chi connectivity index (χ4v) is 2.59. The van der Waals surface area contributed by atoms with E-state index < -0.39 is 6.09 Å². The molecule has 0 saturated carbocycles. The maximum absolute atomic E-state index is 11.9. The van der Waals surface area contributed by atoms with E-state index in [1.54, 1.807) is 6.07 Å². The minimum absolute atomic E-state index is 0.132. The molecule has 0 unspecified atom stereocenters. The third-order valence-electron chi connectivity index (χ3n) is 3.83. The number of hydrogen-bond donors (Lipinski definition) is 2. The summed E-state index contributed by atoms with van der Waals surface area (Å²) in [6.45, 7) is 0.174. The third-order valence-corrected chi connectivity index (χ3v) is 3.83. The molecule has 0 radical (unpaired) electrons. The second kappa shape index (κ2) is 9.15. The van der Waals surface area contributed by atoms with Gasteiger partial charge < -0.3 is 5.32 Å². The van der Waals surface area contributed by atoms with Crippen molar-refractivity contribution >= 4 is 34.7 Å². The highest BCUT2D eigenvalue weighted by Crippen LogP contribution is 2.22. The molecule has 0 aliphatic heterocycles. The first-order valence-corrected chi connectivity index (χ1v) is 8.50. The first kappa shape index (κ1) is 18.1. The summed E-state index contributed by atoms with van der Waals surface area (Å²) in [7, 11) is 0. The molecule has 136 valence electrons. The quantitative estimate of drug-likeness (QED) is 0.399. The number of benzene rings is 3. The Morgan fingerprint density at radius 2 is 1.67 bits per heavy atom. The van der Waals surface area contributed by atoms with Gasteiger partial charge in [-0.15, -0.1) is 0 Å². The fraction of sp³-hybridized carbons (Fsp3) is 0.0952. The molecule has 6 heteroatoms. The molecule has 2 amide bonds. The van der Waals surface area contributed by atoms with E-state index in [4.69, 9.17) is 4.84 Å². The number of oxime groups is 1. The Bertz CT molecular complexity index is 950. The minimum atomic E-state index is -0.696. The first-order chi connectivity index (χ1) is 13.2. The van der Waals surface area contributed by atoms with Crippen LogP contribution < -0.4 is 10.6 Å². The fourth-order valence-electron chi connectivity index (χ4n) is 2.59. The van der Waals surface area contributed by atoms with Gasteiger partial charge in [-0.3, -0.25) is 14.9 Å². The Labute approximate surface area is 156 Å². The number of rotatable bonds is 6. The molecule has 3 aromatic carbocycles. The van der Waals surface area contributed by atoms with Crippen LogP contribution in [-0.2, 0) is 16.1 Å². The van der Waals surface area contributed by atoms with Gasteiger partial charge in [0.25, 0.3) is 0 Å². The summed E-state index contributed by atoms with van der Waals surface area (Å²) >= 11 is 0. The standard InChI is InChI=1S/C21H19N3O3/c25-20(15-16-7-2-1-3-8-16)22-13-14-23-27-21(26)24-19-12-6-10-17-9-4-5-11-18(17)19/h1-12,14H,13,15H2,(H,22,25)(H,24,26). The van der Waals surface area contributed by atoms with E-state index in [9.17, 15) is 9.59 Å². The lowest BCUT2D eigenvalue weighted by Crippen LogP contribution is -2.26. The summed E-state index contributed by atoms with van der Waals surface area (Å²) in [4.78, 5) is 28.4. The zero-order valence-corrected chi connectivity index (χ0v) is 14.6. The highest BCUT2D eigenvalue weighted by molar-refractivity contribution is 6.00. The predicted octanol–water partition coefficient (Wildman–Crippen LogP) is 3.73. The lowest BCUT2D eigenvalue weighted by molar-refractivity contribution is -0.120. The number of amides is 2. The number of carbonyl (C=O) groups excluding carboxylic acids is 2. The molecule has 0 aliphatic carbocycles. The van der Waals surface area contributed by atoms with Gasteiger partial charge in [0.2, 0.25) is 5.91 Å². The number of nitrogens with one attached hydrogen (secondary N) is 2. The van der Waals surface area contributed by atoms with Gasteiger partial charge in [0, 0.05) is 5.39 Å². The Morgan fingerprint density at radius 1 is 0.926 bits per heavy atom. The van der Waals surface area contributed by atoms with Crippen molar-refractivity contribution in [3.63, 3.8) is 0 Å².